The molecule has 1 saturated heterocycles. The Labute approximate surface area is 192 Å². The van der Waals surface area contributed by atoms with Gasteiger partial charge in [0, 0.05) is 15.6 Å². The highest BCUT2D eigenvalue weighted by atomic mass is 35.5. The van der Waals surface area contributed by atoms with Gasteiger partial charge in [-0.1, -0.05) is 59.3 Å². The van der Waals surface area contributed by atoms with Gasteiger partial charge in [0.15, 0.2) is 11.5 Å². The van der Waals surface area contributed by atoms with Crippen molar-refractivity contribution >= 4 is 69.5 Å². The second-order valence-electron chi connectivity index (χ2n) is 6.04. The fraction of sp³-hybridized carbons (Fsp3) is 0.150. The third-order valence-electron chi connectivity index (χ3n) is 4.08. The second-order valence-corrected chi connectivity index (χ2v) is 8.53. The van der Waals surface area contributed by atoms with Crippen LogP contribution in [0.1, 0.15) is 11.1 Å². The maximum Gasteiger partial charge on any atom is 0.266 e. The number of hydrogen-bond acceptors (Lipinski definition) is 7. The maximum atomic E-state index is 12.4. The third kappa shape index (κ3) is 5.07. The van der Waals surface area contributed by atoms with Gasteiger partial charge in [-0.05, 0) is 35.9 Å². The average Bonchev–Trinajstić information content (AvgIpc) is 2.95. The summed E-state index contributed by atoms with van der Waals surface area (Å²) in [5.41, 5.74) is 1.31. The van der Waals surface area contributed by atoms with Gasteiger partial charge in [0.2, 0.25) is 0 Å². The SMILES string of the molecule is COc1cc(/C=C2\SC(=S)N(CC(=O)[O-])C2=O)ccc1OCc1c(Cl)cccc1Cl. The Morgan fingerprint density at radius 2 is 1.93 bits per heavy atom. The van der Waals surface area contributed by atoms with Crippen molar-refractivity contribution in [1.29, 1.82) is 0 Å². The Morgan fingerprint density at radius 3 is 2.57 bits per heavy atom. The summed E-state index contributed by atoms with van der Waals surface area (Å²) in [4.78, 5) is 24.5. The molecule has 6 nitrogen and oxygen atoms in total. The number of ether oxygens (including phenoxy) is 2. The number of carbonyl (C=O) groups is 2. The molecule has 156 valence electrons. The summed E-state index contributed by atoms with van der Waals surface area (Å²) >= 11 is 18.4. The first-order valence-electron chi connectivity index (χ1n) is 8.49. The number of hydrogen-bond donors (Lipinski definition) is 0. The zero-order chi connectivity index (χ0) is 21.8. The quantitative estimate of drug-likeness (QED) is 0.441. The summed E-state index contributed by atoms with van der Waals surface area (Å²) in [6, 6.07) is 10.3. The standard InChI is InChI=1S/C20H15Cl2NO5S2/c1-27-16-7-11(8-17-19(26)23(9-18(24)25)20(29)30-17)5-6-15(16)28-10-12-13(21)3-2-4-14(12)22/h2-8H,9-10H2,1H3,(H,24,25)/p-1/b17-8-. The van der Waals surface area contributed by atoms with Crippen molar-refractivity contribution in [2.24, 2.45) is 0 Å². The van der Waals surface area contributed by atoms with E-state index in [0.29, 0.717) is 37.6 Å². The van der Waals surface area contributed by atoms with Crippen LogP contribution in [0.3, 0.4) is 0 Å². The number of carbonyl (C=O) groups excluding carboxylic acids is 2. The van der Waals surface area contributed by atoms with Gasteiger partial charge in [-0.25, -0.2) is 0 Å². The lowest BCUT2D eigenvalue weighted by molar-refractivity contribution is -0.305. The topological polar surface area (TPSA) is 78.9 Å². The van der Waals surface area contributed by atoms with Crippen LogP contribution in [0, 0.1) is 0 Å². The number of rotatable bonds is 7. The number of benzene rings is 2. The van der Waals surface area contributed by atoms with Crippen molar-refractivity contribution < 1.29 is 24.2 Å². The lowest BCUT2D eigenvalue weighted by Gasteiger charge is -2.14. The van der Waals surface area contributed by atoms with Crippen molar-refractivity contribution in [3.05, 3.63) is 62.5 Å². The van der Waals surface area contributed by atoms with Crippen LogP contribution in [-0.2, 0) is 16.2 Å². The van der Waals surface area contributed by atoms with Crippen molar-refractivity contribution in [3.8, 4) is 11.5 Å². The number of methoxy groups -OCH3 is 1. The highest BCUT2D eigenvalue weighted by Crippen LogP contribution is 2.35. The number of carboxylic acid groups (broad SMARTS) is 1. The summed E-state index contributed by atoms with van der Waals surface area (Å²) in [5.74, 6) is -0.955. The van der Waals surface area contributed by atoms with Crippen LogP contribution in [0.15, 0.2) is 41.3 Å². The molecule has 0 aliphatic carbocycles. The number of thioether (sulfide) groups is 1. The van der Waals surface area contributed by atoms with Gasteiger partial charge in [-0.3, -0.25) is 9.69 Å². The molecule has 1 aliphatic rings. The molecule has 1 heterocycles. The number of nitrogens with zero attached hydrogens (tertiary/aromatic N) is 1. The minimum atomic E-state index is -1.38. The molecule has 1 amide bonds. The van der Waals surface area contributed by atoms with Crippen LogP contribution >= 0.6 is 47.2 Å². The summed E-state index contributed by atoms with van der Waals surface area (Å²) in [6.45, 7) is -0.432. The van der Waals surface area contributed by atoms with Crippen molar-refractivity contribution in [2.45, 2.75) is 6.61 Å². The van der Waals surface area contributed by atoms with Crippen LogP contribution in [0.2, 0.25) is 10.0 Å². The molecular formula is C20H14Cl2NO5S2-. The van der Waals surface area contributed by atoms with Crippen molar-refractivity contribution in [2.75, 3.05) is 13.7 Å². The van der Waals surface area contributed by atoms with Gasteiger partial charge in [0.05, 0.1) is 24.5 Å². The number of halogens is 2. The van der Waals surface area contributed by atoms with Crippen LogP contribution in [0.25, 0.3) is 6.08 Å². The molecule has 0 unspecified atom stereocenters. The van der Waals surface area contributed by atoms with Crippen LogP contribution in [0.4, 0.5) is 0 Å². The number of amides is 1. The van der Waals surface area contributed by atoms with E-state index in [-0.39, 0.29) is 10.9 Å². The number of carboxylic acids is 1. The molecule has 2 aromatic carbocycles. The zero-order valence-corrected chi connectivity index (χ0v) is 18.7. The largest absolute Gasteiger partial charge is 0.548 e. The zero-order valence-electron chi connectivity index (χ0n) is 15.5. The van der Waals surface area contributed by atoms with E-state index in [0.717, 1.165) is 16.7 Å². The first kappa shape index (κ1) is 22.4. The van der Waals surface area contributed by atoms with Crippen molar-refractivity contribution in [3.63, 3.8) is 0 Å². The lowest BCUT2D eigenvalue weighted by atomic mass is 10.1. The maximum absolute atomic E-state index is 12.4. The molecule has 1 fully saturated rings. The molecule has 0 N–H and O–H groups in total. The molecular weight excluding hydrogens is 469 g/mol. The van der Waals surface area contributed by atoms with Gasteiger partial charge in [-0.15, -0.1) is 0 Å². The van der Waals surface area contributed by atoms with Gasteiger partial charge in [-0.2, -0.15) is 0 Å². The van der Waals surface area contributed by atoms with E-state index in [1.165, 1.54) is 7.11 Å². The number of aliphatic carboxylic acids is 1. The third-order valence-corrected chi connectivity index (χ3v) is 6.17. The van der Waals surface area contributed by atoms with Gasteiger partial charge < -0.3 is 19.4 Å². The summed E-state index contributed by atoms with van der Waals surface area (Å²) in [7, 11) is 1.49. The molecule has 10 heteroatoms. The van der Waals surface area contributed by atoms with E-state index in [4.69, 9.17) is 44.9 Å². The van der Waals surface area contributed by atoms with Gasteiger partial charge >= 0.3 is 0 Å². The van der Waals surface area contributed by atoms with E-state index in [2.05, 4.69) is 0 Å². The molecule has 30 heavy (non-hydrogen) atoms. The lowest BCUT2D eigenvalue weighted by Crippen LogP contribution is -2.40. The summed E-state index contributed by atoms with van der Waals surface area (Å²) in [5, 5.41) is 11.8. The molecule has 0 atom stereocenters. The van der Waals surface area contributed by atoms with E-state index >= 15 is 0 Å². The van der Waals surface area contributed by atoms with Crippen LogP contribution in [0.5, 0.6) is 11.5 Å². The Bertz CT molecular complexity index is 1040. The van der Waals surface area contributed by atoms with E-state index < -0.39 is 18.4 Å². The van der Waals surface area contributed by atoms with Crippen LogP contribution in [-0.4, -0.2) is 34.8 Å². The van der Waals surface area contributed by atoms with Crippen LogP contribution < -0.4 is 14.6 Å². The Balaban J connectivity index is 1.79. The first-order valence-corrected chi connectivity index (χ1v) is 10.5. The normalized spacial score (nSPS) is 15.0. The molecule has 0 aromatic heterocycles. The fourth-order valence-electron chi connectivity index (χ4n) is 2.63. The average molecular weight is 483 g/mol. The van der Waals surface area contributed by atoms with Gasteiger partial charge in [0.1, 0.15) is 10.9 Å². The fourth-order valence-corrected chi connectivity index (χ4v) is 4.39. The first-order chi connectivity index (χ1) is 14.3. The monoisotopic (exact) mass is 482 g/mol. The second kappa shape index (κ2) is 9.70. The molecule has 0 spiro atoms. The number of thiocarbonyl (C=S) groups is 1. The summed E-state index contributed by atoms with van der Waals surface area (Å²) < 4.78 is 11.4. The van der Waals surface area contributed by atoms with E-state index in [9.17, 15) is 14.7 Å². The molecule has 1 aliphatic heterocycles. The molecule has 3 rings (SSSR count). The molecule has 0 bridgehead atoms. The van der Waals surface area contributed by atoms with E-state index in [1.807, 2.05) is 0 Å². The summed E-state index contributed by atoms with van der Waals surface area (Å²) in [6.07, 6.45) is 1.60. The van der Waals surface area contributed by atoms with Crippen molar-refractivity contribution in [1.82, 2.24) is 4.90 Å². The Kier molecular flexibility index (Phi) is 7.25. The molecule has 0 radical (unpaired) electrons. The Morgan fingerprint density at radius 1 is 1.23 bits per heavy atom. The minimum absolute atomic E-state index is 0.149. The predicted molar refractivity (Wildman–Crippen MR) is 119 cm³/mol. The predicted octanol–water partition coefficient (Wildman–Crippen LogP) is 3.53. The minimum Gasteiger partial charge on any atom is -0.548 e. The molecule has 0 saturated carbocycles. The van der Waals surface area contributed by atoms with Gasteiger partial charge in [0.25, 0.3) is 5.91 Å². The highest BCUT2D eigenvalue weighted by molar-refractivity contribution is 8.26. The smallest absolute Gasteiger partial charge is 0.266 e. The molecule has 2 aromatic rings. The van der Waals surface area contributed by atoms with E-state index in [1.54, 1.807) is 42.5 Å². The Hall–Kier alpha value is -2.26. The highest BCUT2D eigenvalue weighted by Gasteiger charge is 2.31.